The van der Waals surface area contributed by atoms with Gasteiger partial charge in [-0.25, -0.2) is 0 Å². The molecule has 59 valence electrons. The molecule has 0 saturated carbocycles. The van der Waals surface area contributed by atoms with Gasteiger partial charge in [0.25, 0.3) is 0 Å². The van der Waals surface area contributed by atoms with E-state index in [4.69, 9.17) is 0 Å². The Hall–Kier alpha value is -1.02. The predicted molar refractivity (Wildman–Crippen MR) is 46.5 cm³/mol. The predicted octanol–water partition coefficient (Wildman–Crippen LogP) is 1.39. The standard InChI is InChI=1S/C9H12NO/c1-10(2,3)8-6-4-5-7-9(8)11/h5-7H,1-3H3/p+1. The summed E-state index contributed by atoms with van der Waals surface area (Å²) in [5.41, 5.74) is 0.882. The van der Waals surface area contributed by atoms with Gasteiger partial charge in [0.05, 0.1) is 21.1 Å². The van der Waals surface area contributed by atoms with Gasteiger partial charge in [0.1, 0.15) is 0 Å². The largest absolute Gasteiger partial charge is 0.503 e. The van der Waals surface area contributed by atoms with E-state index in [0.29, 0.717) is 10.2 Å². The highest BCUT2D eigenvalue weighted by Gasteiger charge is 2.15. The van der Waals surface area contributed by atoms with Crippen LogP contribution in [0.1, 0.15) is 0 Å². The number of benzene rings is 1. The molecule has 0 fully saturated rings. The summed E-state index contributed by atoms with van der Waals surface area (Å²) in [5.74, 6) is 0.330. The molecule has 0 aliphatic rings. The Morgan fingerprint density at radius 1 is 1.36 bits per heavy atom. The molecule has 0 atom stereocenters. The normalized spacial score (nSPS) is 11.5. The third-order valence-corrected chi connectivity index (χ3v) is 1.54. The maximum absolute atomic E-state index is 9.41. The quantitative estimate of drug-likeness (QED) is 0.601. The number of hydrogen-bond acceptors (Lipinski definition) is 1. The molecular formula is C9H13NO+. The van der Waals surface area contributed by atoms with Gasteiger partial charge in [0.15, 0.2) is 11.4 Å². The lowest BCUT2D eigenvalue weighted by Gasteiger charge is -2.23. The molecule has 11 heavy (non-hydrogen) atoms. The van der Waals surface area contributed by atoms with Crippen molar-refractivity contribution in [2.45, 2.75) is 0 Å². The van der Waals surface area contributed by atoms with Crippen LogP contribution in [-0.2, 0) is 0 Å². The van der Waals surface area contributed by atoms with Crippen molar-refractivity contribution >= 4 is 5.69 Å². The van der Waals surface area contributed by atoms with Gasteiger partial charge in [0, 0.05) is 6.07 Å². The molecule has 1 radical (unpaired) electrons. The Labute approximate surface area is 67.3 Å². The third-order valence-electron chi connectivity index (χ3n) is 1.54. The number of phenols is 1. The van der Waals surface area contributed by atoms with Gasteiger partial charge in [-0.2, -0.15) is 0 Å². The molecule has 1 aromatic carbocycles. The fraction of sp³-hybridized carbons (Fsp3) is 0.333. The second-order valence-corrected chi connectivity index (χ2v) is 3.43. The molecule has 1 rings (SSSR count). The van der Waals surface area contributed by atoms with Crippen LogP contribution >= 0.6 is 0 Å². The van der Waals surface area contributed by atoms with Gasteiger partial charge in [0.2, 0.25) is 0 Å². The number of aromatic hydroxyl groups is 1. The Kier molecular flexibility index (Phi) is 1.87. The molecule has 1 N–H and O–H groups in total. The lowest BCUT2D eigenvalue weighted by atomic mass is 10.2. The van der Waals surface area contributed by atoms with Gasteiger partial charge in [-0.3, -0.25) is 4.48 Å². The first-order chi connectivity index (χ1) is 5.02. The van der Waals surface area contributed by atoms with Crippen LogP contribution in [0.4, 0.5) is 5.69 Å². The summed E-state index contributed by atoms with van der Waals surface area (Å²) in [5, 5.41) is 9.41. The van der Waals surface area contributed by atoms with E-state index >= 15 is 0 Å². The number of phenolic OH excluding ortho intramolecular Hbond substituents is 1. The molecule has 0 heterocycles. The summed E-state index contributed by atoms with van der Waals surface area (Å²) in [6, 6.07) is 8.09. The van der Waals surface area contributed by atoms with Gasteiger partial charge in [-0.05, 0) is 12.1 Å². The van der Waals surface area contributed by atoms with Crippen LogP contribution < -0.4 is 4.48 Å². The number of hydrogen-bond donors (Lipinski definition) is 1. The van der Waals surface area contributed by atoms with Crippen molar-refractivity contribution in [1.82, 2.24) is 4.48 Å². The maximum Gasteiger partial charge on any atom is 0.177 e. The zero-order valence-corrected chi connectivity index (χ0v) is 7.13. The smallest absolute Gasteiger partial charge is 0.177 e. The van der Waals surface area contributed by atoms with E-state index in [1.807, 2.05) is 21.1 Å². The van der Waals surface area contributed by atoms with Crippen molar-refractivity contribution in [2.24, 2.45) is 0 Å². The average molecular weight is 151 g/mol. The third kappa shape index (κ3) is 1.71. The van der Waals surface area contributed by atoms with E-state index in [9.17, 15) is 5.11 Å². The zero-order valence-electron chi connectivity index (χ0n) is 7.13. The number of rotatable bonds is 1. The fourth-order valence-corrected chi connectivity index (χ4v) is 0.951. The van der Waals surface area contributed by atoms with E-state index in [0.717, 1.165) is 5.69 Å². The van der Waals surface area contributed by atoms with Crippen LogP contribution in [0.3, 0.4) is 0 Å². The SMILES string of the molecule is C[N+](C)(C)c1c[c]ccc1O. The minimum Gasteiger partial charge on any atom is -0.503 e. The van der Waals surface area contributed by atoms with Gasteiger partial charge in [-0.1, -0.05) is 6.07 Å². The van der Waals surface area contributed by atoms with Crippen LogP contribution in [0.25, 0.3) is 0 Å². The fourth-order valence-electron chi connectivity index (χ4n) is 0.951. The highest BCUT2D eigenvalue weighted by molar-refractivity contribution is 5.52. The molecule has 2 nitrogen and oxygen atoms in total. The molecule has 0 aliphatic heterocycles. The van der Waals surface area contributed by atoms with Crippen LogP contribution in [0.15, 0.2) is 18.2 Å². The molecule has 1 aromatic rings. The summed E-state index contributed by atoms with van der Waals surface area (Å²) >= 11 is 0. The first kappa shape index (κ1) is 8.08. The van der Waals surface area contributed by atoms with Crippen LogP contribution in [0, 0.1) is 6.07 Å². The van der Waals surface area contributed by atoms with Crippen LogP contribution in [0.5, 0.6) is 5.75 Å². The lowest BCUT2D eigenvalue weighted by Crippen LogP contribution is -2.34. The number of quaternary nitrogens is 1. The van der Waals surface area contributed by atoms with Gasteiger partial charge in [-0.15, -0.1) is 0 Å². The monoisotopic (exact) mass is 151 g/mol. The average Bonchev–Trinajstić information content (AvgIpc) is 1.86. The minimum atomic E-state index is 0.330. The van der Waals surface area contributed by atoms with Crippen LogP contribution in [0.2, 0.25) is 0 Å². The van der Waals surface area contributed by atoms with Crippen molar-refractivity contribution in [2.75, 3.05) is 21.1 Å². The number of nitrogens with zero attached hydrogens (tertiary/aromatic N) is 1. The summed E-state index contributed by atoms with van der Waals surface area (Å²) in [4.78, 5) is 0. The van der Waals surface area contributed by atoms with Crippen molar-refractivity contribution in [3.05, 3.63) is 24.3 Å². The van der Waals surface area contributed by atoms with Crippen LogP contribution in [-0.4, -0.2) is 26.2 Å². The molecular weight excluding hydrogens is 138 g/mol. The topological polar surface area (TPSA) is 20.2 Å². The van der Waals surface area contributed by atoms with Gasteiger partial charge < -0.3 is 5.11 Å². The molecule has 0 saturated heterocycles. The summed E-state index contributed by atoms with van der Waals surface area (Å²) in [6.45, 7) is 0. The van der Waals surface area contributed by atoms with Crippen molar-refractivity contribution in [3.8, 4) is 5.75 Å². The molecule has 0 spiro atoms. The molecule has 0 amide bonds. The minimum absolute atomic E-state index is 0.330. The Balaban J connectivity index is 3.14. The molecule has 0 unspecified atom stereocenters. The Morgan fingerprint density at radius 3 is 2.36 bits per heavy atom. The van der Waals surface area contributed by atoms with Crippen molar-refractivity contribution in [3.63, 3.8) is 0 Å². The lowest BCUT2D eigenvalue weighted by molar-refractivity contribution is 0.426. The van der Waals surface area contributed by atoms with E-state index in [-0.39, 0.29) is 0 Å². The van der Waals surface area contributed by atoms with Crippen molar-refractivity contribution < 1.29 is 5.11 Å². The highest BCUT2D eigenvalue weighted by Crippen LogP contribution is 2.27. The molecule has 0 bridgehead atoms. The molecule has 2 heteroatoms. The molecule has 0 aliphatic carbocycles. The van der Waals surface area contributed by atoms with E-state index < -0.39 is 0 Å². The maximum atomic E-state index is 9.41. The second kappa shape index (κ2) is 2.55. The zero-order chi connectivity index (χ0) is 8.48. The highest BCUT2D eigenvalue weighted by atomic mass is 16.3. The van der Waals surface area contributed by atoms with Gasteiger partial charge >= 0.3 is 0 Å². The van der Waals surface area contributed by atoms with E-state index in [1.165, 1.54) is 0 Å². The van der Waals surface area contributed by atoms with E-state index in [1.54, 1.807) is 18.2 Å². The van der Waals surface area contributed by atoms with E-state index in [2.05, 4.69) is 6.07 Å². The molecule has 0 aromatic heterocycles. The first-order valence-electron chi connectivity index (χ1n) is 3.53. The second-order valence-electron chi connectivity index (χ2n) is 3.43. The first-order valence-corrected chi connectivity index (χ1v) is 3.53. The summed E-state index contributed by atoms with van der Waals surface area (Å²) < 4.78 is 0.614. The summed E-state index contributed by atoms with van der Waals surface area (Å²) in [7, 11) is 6.01. The summed E-state index contributed by atoms with van der Waals surface area (Å²) in [6.07, 6.45) is 0. The Morgan fingerprint density at radius 2 is 2.00 bits per heavy atom. The van der Waals surface area contributed by atoms with Crippen molar-refractivity contribution in [1.29, 1.82) is 0 Å². The Bertz CT molecular complexity index is 250.